The maximum atomic E-state index is 14.0. The fraction of sp³-hybridized carbons (Fsp3) is 0.500. The highest BCUT2D eigenvalue weighted by Crippen LogP contribution is 2.28. The third kappa shape index (κ3) is 7.33. The Morgan fingerprint density at radius 2 is 2.06 bits per heavy atom. The van der Waals surface area contributed by atoms with Crippen molar-refractivity contribution in [3.05, 3.63) is 47.0 Å². The van der Waals surface area contributed by atoms with Crippen LogP contribution in [0.15, 0.2) is 30.6 Å². The molecule has 11 heteroatoms. The number of aromatic nitrogens is 1. The van der Waals surface area contributed by atoms with Gasteiger partial charge >= 0.3 is 12.1 Å². The lowest BCUT2D eigenvalue weighted by molar-refractivity contribution is 0.0149. The van der Waals surface area contributed by atoms with Crippen molar-refractivity contribution in [1.82, 2.24) is 20.1 Å². The minimum Gasteiger partial charge on any atom is -0.444 e. The van der Waals surface area contributed by atoms with Crippen molar-refractivity contribution in [3.8, 4) is 5.69 Å². The van der Waals surface area contributed by atoms with Crippen LogP contribution in [0.3, 0.4) is 0 Å². The minimum absolute atomic E-state index is 0.00431. The van der Waals surface area contributed by atoms with Crippen molar-refractivity contribution in [1.29, 1.82) is 0 Å². The largest absolute Gasteiger partial charge is 0.444 e. The van der Waals surface area contributed by atoms with Gasteiger partial charge in [-0.1, -0.05) is 11.6 Å². The quantitative estimate of drug-likeness (QED) is 0.432. The number of hydrogen-bond donors (Lipinski definition) is 4. The van der Waals surface area contributed by atoms with Crippen molar-refractivity contribution in [3.63, 3.8) is 0 Å². The van der Waals surface area contributed by atoms with Crippen LogP contribution in [-0.2, 0) is 4.74 Å². The number of benzene rings is 1. The van der Waals surface area contributed by atoms with E-state index in [1.807, 2.05) is 20.8 Å². The summed E-state index contributed by atoms with van der Waals surface area (Å²) >= 11 is 5.80. The molecule has 2 aromatic rings. The van der Waals surface area contributed by atoms with Gasteiger partial charge in [-0.2, -0.15) is 0 Å². The molecule has 1 saturated heterocycles. The summed E-state index contributed by atoms with van der Waals surface area (Å²) in [5.41, 5.74) is 0.617. The number of carbonyl (C=O) groups excluding carboxylic acids is 2. The first-order valence-electron chi connectivity index (χ1n) is 11.6. The maximum absolute atomic E-state index is 14.0. The normalized spacial score (nSPS) is 17.1. The second-order valence-corrected chi connectivity index (χ2v) is 9.86. The standard InChI is InChI=1S/C24H33ClFN5O4/c1-5-27-22(33)29-20-14-31(16-8-9-18(25)19(26)11-16)13-17(20)21(32)28-15-7-6-10-30(12-15)23(34)35-24(2,3)4/h8-9,11,13-15,21,28,32H,5-7,10,12H2,1-4H3,(H2,27,29,33)/t15-,21?/m0/s1. The van der Waals surface area contributed by atoms with E-state index in [0.717, 1.165) is 12.8 Å². The molecule has 9 nitrogen and oxygen atoms in total. The Hall–Kier alpha value is -2.82. The van der Waals surface area contributed by atoms with Crippen LogP contribution in [0, 0.1) is 5.82 Å². The Morgan fingerprint density at radius 1 is 1.31 bits per heavy atom. The van der Waals surface area contributed by atoms with E-state index in [9.17, 15) is 19.1 Å². The Balaban J connectivity index is 1.79. The summed E-state index contributed by atoms with van der Waals surface area (Å²) in [6.45, 7) is 8.60. The molecule has 0 aliphatic carbocycles. The molecule has 1 unspecified atom stereocenters. The number of amides is 3. The Morgan fingerprint density at radius 3 is 2.71 bits per heavy atom. The van der Waals surface area contributed by atoms with Gasteiger partial charge in [0.15, 0.2) is 0 Å². The average molecular weight is 510 g/mol. The number of halogens is 2. The first-order valence-corrected chi connectivity index (χ1v) is 12.0. The van der Waals surface area contributed by atoms with Crippen LogP contribution in [0.25, 0.3) is 5.69 Å². The van der Waals surface area contributed by atoms with E-state index < -0.39 is 29.8 Å². The van der Waals surface area contributed by atoms with Gasteiger partial charge in [-0.15, -0.1) is 0 Å². The molecule has 0 spiro atoms. The highest BCUT2D eigenvalue weighted by atomic mass is 35.5. The average Bonchev–Trinajstić information content (AvgIpc) is 3.18. The molecule has 0 saturated carbocycles. The zero-order chi connectivity index (χ0) is 25.8. The predicted octanol–water partition coefficient (Wildman–Crippen LogP) is 4.39. The molecule has 2 heterocycles. The summed E-state index contributed by atoms with van der Waals surface area (Å²) in [5.74, 6) is -0.583. The second kappa shape index (κ2) is 11.3. The highest BCUT2D eigenvalue weighted by Gasteiger charge is 2.29. The molecule has 0 radical (unpaired) electrons. The number of anilines is 1. The van der Waals surface area contributed by atoms with Crippen LogP contribution in [0.2, 0.25) is 5.02 Å². The molecule has 0 bridgehead atoms. The van der Waals surface area contributed by atoms with E-state index in [2.05, 4.69) is 16.0 Å². The second-order valence-electron chi connectivity index (χ2n) is 9.45. The zero-order valence-electron chi connectivity index (χ0n) is 20.4. The summed E-state index contributed by atoms with van der Waals surface area (Å²) in [6, 6.07) is 3.70. The number of ether oxygens (including phenoxy) is 1. The van der Waals surface area contributed by atoms with Gasteiger partial charge in [0.1, 0.15) is 17.6 Å². The van der Waals surface area contributed by atoms with Gasteiger partial charge in [-0.25, -0.2) is 14.0 Å². The molecule has 4 N–H and O–H groups in total. The third-order valence-corrected chi connectivity index (χ3v) is 5.71. The van der Waals surface area contributed by atoms with Gasteiger partial charge in [0.05, 0.1) is 10.7 Å². The van der Waals surface area contributed by atoms with Crippen LogP contribution in [0.5, 0.6) is 0 Å². The van der Waals surface area contributed by atoms with Gasteiger partial charge in [0.2, 0.25) is 0 Å². The number of nitrogens with one attached hydrogen (secondary N) is 3. The van der Waals surface area contributed by atoms with Crippen LogP contribution in [0.1, 0.15) is 52.3 Å². The molecule has 1 aliphatic heterocycles. The first-order chi connectivity index (χ1) is 16.5. The first kappa shape index (κ1) is 26.8. The lowest BCUT2D eigenvalue weighted by Crippen LogP contribution is -2.50. The number of aliphatic hydroxyl groups excluding tert-OH is 1. The number of piperidine rings is 1. The predicted molar refractivity (Wildman–Crippen MR) is 132 cm³/mol. The summed E-state index contributed by atoms with van der Waals surface area (Å²) in [7, 11) is 0. The van der Waals surface area contributed by atoms with Crippen molar-refractivity contribution in [2.75, 3.05) is 25.0 Å². The molecule has 2 atom stereocenters. The molecule has 1 aromatic heterocycles. The number of rotatable bonds is 6. The Bertz CT molecular complexity index is 1060. The molecule has 1 aromatic carbocycles. The topological polar surface area (TPSA) is 108 Å². The van der Waals surface area contributed by atoms with Crippen molar-refractivity contribution in [2.45, 2.75) is 58.4 Å². The van der Waals surface area contributed by atoms with Gasteiger partial charge < -0.3 is 29.9 Å². The van der Waals surface area contributed by atoms with E-state index in [4.69, 9.17) is 16.3 Å². The maximum Gasteiger partial charge on any atom is 0.410 e. The summed E-state index contributed by atoms with van der Waals surface area (Å²) in [6.07, 6.45) is 3.14. The van der Waals surface area contributed by atoms with Gasteiger partial charge in [0.25, 0.3) is 0 Å². The number of hydrogen-bond acceptors (Lipinski definition) is 5. The molecule has 3 rings (SSSR count). The van der Waals surface area contributed by atoms with E-state index in [-0.39, 0.29) is 11.1 Å². The number of aliphatic hydroxyl groups is 1. The molecule has 1 aliphatic rings. The molecule has 35 heavy (non-hydrogen) atoms. The zero-order valence-corrected chi connectivity index (χ0v) is 21.2. The van der Waals surface area contributed by atoms with E-state index in [0.29, 0.717) is 36.6 Å². The van der Waals surface area contributed by atoms with Gasteiger partial charge in [-0.05, 0) is 58.7 Å². The molecular formula is C24H33ClFN5O4. The number of likely N-dealkylation sites (tertiary alicyclic amines) is 1. The van der Waals surface area contributed by atoms with Crippen molar-refractivity contribution in [2.24, 2.45) is 0 Å². The minimum atomic E-state index is -1.16. The smallest absolute Gasteiger partial charge is 0.410 e. The summed E-state index contributed by atoms with van der Waals surface area (Å²) in [5, 5.41) is 19.5. The third-order valence-electron chi connectivity index (χ3n) is 5.41. The molecular weight excluding hydrogens is 477 g/mol. The fourth-order valence-corrected chi connectivity index (χ4v) is 3.95. The summed E-state index contributed by atoms with van der Waals surface area (Å²) < 4.78 is 21.1. The lowest BCUT2D eigenvalue weighted by atomic mass is 10.1. The van der Waals surface area contributed by atoms with E-state index in [1.165, 1.54) is 12.1 Å². The molecule has 1 fully saturated rings. The number of nitrogens with zero attached hydrogens (tertiary/aromatic N) is 2. The van der Waals surface area contributed by atoms with Crippen LogP contribution in [0.4, 0.5) is 19.7 Å². The van der Waals surface area contributed by atoms with Crippen LogP contribution >= 0.6 is 11.6 Å². The molecule has 3 amide bonds. The Labute approximate surface area is 209 Å². The number of urea groups is 1. The Kier molecular flexibility index (Phi) is 8.63. The van der Waals surface area contributed by atoms with Crippen molar-refractivity contribution >= 4 is 29.4 Å². The van der Waals surface area contributed by atoms with Gasteiger partial charge in [0, 0.05) is 49.3 Å². The van der Waals surface area contributed by atoms with Crippen LogP contribution in [-0.4, -0.2) is 58.0 Å². The molecule has 192 valence electrons. The highest BCUT2D eigenvalue weighted by molar-refractivity contribution is 6.30. The summed E-state index contributed by atoms with van der Waals surface area (Å²) in [4.78, 5) is 26.3. The number of carbonyl (C=O) groups is 2. The monoisotopic (exact) mass is 509 g/mol. The van der Waals surface area contributed by atoms with E-state index >= 15 is 0 Å². The fourth-order valence-electron chi connectivity index (χ4n) is 3.83. The lowest BCUT2D eigenvalue weighted by Gasteiger charge is -2.35. The van der Waals surface area contributed by atoms with E-state index in [1.54, 1.807) is 34.9 Å². The SMILES string of the molecule is CCNC(=O)Nc1cn(-c2ccc(Cl)c(F)c2)cc1C(O)N[C@H]1CCCN(C(=O)OC(C)(C)C)C1. The van der Waals surface area contributed by atoms with Crippen LogP contribution < -0.4 is 16.0 Å². The van der Waals surface area contributed by atoms with Gasteiger partial charge in [-0.3, -0.25) is 5.32 Å². The van der Waals surface area contributed by atoms with Crippen molar-refractivity contribution < 1.29 is 23.8 Å².